The predicted octanol–water partition coefficient (Wildman–Crippen LogP) is 3.61. The molecular formula is C12H11ClN2S. The van der Waals surface area contributed by atoms with Gasteiger partial charge >= 0.3 is 0 Å². The van der Waals surface area contributed by atoms with E-state index in [0.717, 1.165) is 16.5 Å². The number of thioether (sulfide) groups is 1. The Kier molecular flexibility index (Phi) is 3.70. The molecule has 1 heterocycles. The van der Waals surface area contributed by atoms with Crippen molar-refractivity contribution in [3.05, 3.63) is 53.2 Å². The number of rotatable bonds is 3. The lowest BCUT2D eigenvalue weighted by molar-refractivity contribution is 1.13. The largest absolute Gasteiger partial charge is 0.399 e. The molecule has 0 aliphatic heterocycles. The lowest BCUT2D eigenvalue weighted by Gasteiger charge is -2.02. The molecule has 82 valence electrons. The minimum absolute atomic E-state index is 0.660. The smallest absolute Gasteiger partial charge is 0.0964 e. The standard InChI is InChI=1S/C12H11ClN2S/c13-10-4-5-12(15-7-10)16-8-9-2-1-3-11(14)6-9/h1-7H,8,14H2. The van der Waals surface area contributed by atoms with E-state index in [4.69, 9.17) is 17.3 Å². The van der Waals surface area contributed by atoms with Gasteiger partial charge in [0.05, 0.1) is 10.0 Å². The number of pyridine rings is 1. The number of nitrogen functional groups attached to an aromatic ring is 1. The first-order valence-electron chi connectivity index (χ1n) is 4.83. The van der Waals surface area contributed by atoms with E-state index in [1.54, 1.807) is 18.0 Å². The SMILES string of the molecule is Nc1cccc(CSc2ccc(Cl)cn2)c1. The molecule has 0 saturated carbocycles. The molecule has 0 radical (unpaired) electrons. The highest BCUT2D eigenvalue weighted by atomic mass is 35.5. The summed E-state index contributed by atoms with van der Waals surface area (Å²) in [5.41, 5.74) is 7.69. The lowest BCUT2D eigenvalue weighted by atomic mass is 10.2. The maximum Gasteiger partial charge on any atom is 0.0964 e. The number of anilines is 1. The first-order valence-corrected chi connectivity index (χ1v) is 6.19. The Morgan fingerprint density at radius 1 is 1.25 bits per heavy atom. The van der Waals surface area contributed by atoms with E-state index in [9.17, 15) is 0 Å². The van der Waals surface area contributed by atoms with Gasteiger partial charge in [0.2, 0.25) is 0 Å². The molecule has 1 aromatic carbocycles. The van der Waals surface area contributed by atoms with E-state index in [1.165, 1.54) is 5.56 Å². The van der Waals surface area contributed by atoms with Crippen LogP contribution in [0.4, 0.5) is 5.69 Å². The maximum atomic E-state index is 5.76. The van der Waals surface area contributed by atoms with Gasteiger partial charge < -0.3 is 5.73 Å². The van der Waals surface area contributed by atoms with Crippen molar-refractivity contribution in [3.63, 3.8) is 0 Å². The Morgan fingerprint density at radius 3 is 2.81 bits per heavy atom. The van der Waals surface area contributed by atoms with E-state index >= 15 is 0 Å². The molecule has 0 amide bonds. The van der Waals surface area contributed by atoms with Crippen LogP contribution in [0.15, 0.2) is 47.6 Å². The molecule has 0 aliphatic carbocycles. The zero-order chi connectivity index (χ0) is 11.4. The summed E-state index contributed by atoms with van der Waals surface area (Å²) in [6.45, 7) is 0. The van der Waals surface area contributed by atoms with Gasteiger partial charge in [-0.3, -0.25) is 0 Å². The van der Waals surface area contributed by atoms with Gasteiger partial charge in [-0.15, -0.1) is 11.8 Å². The fourth-order valence-corrected chi connectivity index (χ4v) is 2.19. The molecule has 0 aliphatic rings. The molecule has 0 spiro atoms. The van der Waals surface area contributed by atoms with Crippen LogP contribution < -0.4 is 5.73 Å². The molecule has 0 saturated heterocycles. The number of aromatic nitrogens is 1. The van der Waals surface area contributed by atoms with Crippen LogP contribution in [0, 0.1) is 0 Å². The van der Waals surface area contributed by atoms with Crippen LogP contribution in [-0.2, 0) is 5.75 Å². The van der Waals surface area contributed by atoms with E-state index in [0.29, 0.717) is 5.02 Å². The molecule has 0 atom stereocenters. The molecule has 0 fully saturated rings. The quantitative estimate of drug-likeness (QED) is 0.668. The van der Waals surface area contributed by atoms with Crippen molar-refractivity contribution in [2.24, 2.45) is 0 Å². The highest BCUT2D eigenvalue weighted by Crippen LogP contribution is 2.22. The van der Waals surface area contributed by atoms with E-state index < -0.39 is 0 Å². The molecule has 2 aromatic rings. The third-order valence-corrected chi connectivity index (χ3v) is 3.28. The van der Waals surface area contributed by atoms with Crippen molar-refractivity contribution in [3.8, 4) is 0 Å². The van der Waals surface area contributed by atoms with Crippen LogP contribution in [0.3, 0.4) is 0 Å². The number of nitrogens with two attached hydrogens (primary N) is 1. The van der Waals surface area contributed by atoms with Gasteiger partial charge in [0.15, 0.2) is 0 Å². The van der Waals surface area contributed by atoms with Crippen LogP contribution in [0.2, 0.25) is 5.02 Å². The average Bonchev–Trinajstić information content (AvgIpc) is 2.28. The van der Waals surface area contributed by atoms with Gasteiger partial charge in [0, 0.05) is 17.6 Å². The van der Waals surface area contributed by atoms with Crippen molar-refractivity contribution in [2.75, 3.05) is 5.73 Å². The Hall–Kier alpha value is -1.19. The second-order valence-electron chi connectivity index (χ2n) is 3.35. The van der Waals surface area contributed by atoms with Gasteiger partial charge in [-0.1, -0.05) is 23.7 Å². The summed E-state index contributed by atoms with van der Waals surface area (Å²) in [5.74, 6) is 0.861. The number of hydrogen-bond acceptors (Lipinski definition) is 3. The highest BCUT2D eigenvalue weighted by Gasteiger charge is 1.98. The summed E-state index contributed by atoms with van der Waals surface area (Å²) in [5, 5.41) is 1.63. The average molecular weight is 251 g/mol. The minimum Gasteiger partial charge on any atom is -0.399 e. The summed E-state index contributed by atoms with van der Waals surface area (Å²) in [6.07, 6.45) is 1.66. The van der Waals surface area contributed by atoms with Crippen molar-refractivity contribution in [2.45, 2.75) is 10.8 Å². The monoisotopic (exact) mass is 250 g/mol. The summed E-state index contributed by atoms with van der Waals surface area (Å²) in [4.78, 5) is 4.22. The Balaban J connectivity index is 1.99. The summed E-state index contributed by atoms with van der Waals surface area (Å²) < 4.78 is 0. The molecule has 2 rings (SSSR count). The fourth-order valence-electron chi connectivity index (χ4n) is 1.29. The van der Waals surface area contributed by atoms with Crippen molar-refractivity contribution >= 4 is 29.1 Å². The molecule has 2 N–H and O–H groups in total. The topological polar surface area (TPSA) is 38.9 Å². The second kappa shape index (κ2) is 5.23. The van der Waals surface area contributed by atoms with Gasteiger partial charge in [0.25, 0.3) is 0 Å². The van der Waals surface area contributed by atoms with E-state index in [2.05, 4.69) is 11.1 Å². The highest BCUT2D eigenvalue weighted by molar-refractivity contribution is 7.98. The van der Waals surface area contributed by atoms with Crippen LogP contribution in [0.5, 0.6) is 0 Å². The summed E-state index contributed by atoms with van der Waals surface area (Å²) >= 11 is 7.43. The number of benzene rings is 1. The van der Waals surface area contributed by atoms with E-state index in [1.807, 2.05) is 30.3 Å². The zero-order valence-corrected chi connectivity index (χ0v) is 10.1. The maximum absolute atomic E-state index is 5.76. The van der Waals surface area contributed by atoms with Gasteiger partial charge in [-0.25, -0.2) is 4.98 Å². The molecule has 4 heteroatoms. The first kappa shape index (κ1) is 11.3. The summed E-state index contributed by atoms with van der Waals surface area (Å²) in [7, 11) is 0. The van der Waals surface area contributed by atoms with Crippen molar-refractivity contribution in [1.82, 2.24) is 4.98 Å². The molecular weight excluding hydrogens is 240 g/mol. The lowest BCUT2D eigenvalue weighted by Crippen LogP contribution is -1.87. The van der Waals surface area contributed by atoms with Crippen LogP contribution >= 0.6 is 23.4 Å². The van der Waals surface area contributed by atoms with E-state index in [-0.39, 0.29) is 0 Å². The fraction of sp³-hybridized carbons (Fsp3) is 0.0833. The predicted molar refractivity (Wildman–Crippen MR) is 69.7 cm³/mol. The third-order valence-electron chi connectivity index (χ3n) is 2.04. The van der Waals surface area contributed by atoms with Crippen LogP contribution in [-0.4, -0.2) is 4.98 Å². The number of hydrogen-bond donors (Lipinski definition) is 1. The third kappa shape index (κ3) is 3.15. The Labute approximate surface area is 104 Å². The summed E-state index contributed by atoms with van der Waals surface area (Å²) in [6, 6.07) is 11.6. The minimum atomic E-state index is 0.660. The Bertz CT molecular complexity index is 471. The van der Waals surface area contributed by atoms with Crippen molar-refractivity contribution in [1.29, 1.82) is 0 Å². The molecule has 2 nitrogen and oxygen atoms in total. The Morgan fingerprint density at radius 2 is 2.12 bits per heavy atom. The molecule has 0 unspecified atom stereocenters. The molecule has 1 aromatic heterocycles. The van der Waals surface area contributed by atoms with Gasteiger partial charge in [0.1, 0.15) is 0 Å². The zero-order valence-electron chi connectivity index (χ0n) is 8.56. The number of nitrogens with zero attached hydrogens (tertiary/aromatic N) is 1. The van der Waals surface area contributed by atoms with Crippen LogP contribution in [0.1, 0.15) is 5.56 Å². The van der Waals surface area contributed by atoms with Gasteiger partial charge in [-0.05, 0) is 29.8 Å². The number of halogens is 1. The van der Waals surface area contributed by atoms with Crippen molar-refractivity contribution < 1.29 is 0 Å². The van der Waals surface area contributed by atoms with Gasteiger partial charge in [-0.2, -0.15) is 0 Å². The first-order chi connectivity index (χ1) is 7.74. The molecule has 0 bridgehead atoms. The second-order valence-corrected chi connectivity index (χ2v) is 4.78. The molecule has 16 heavy (non-hydrogen) atoms. The van der Waals surface area contributed by atoms with Crippen LogP contribution in [0.25, 0.3) is 0 Å². The normalized spacial score (nSPS) is 10.3.